The average molecular weight is 260 g/mol. The molecule has 88 valence electrons. The molecule has 4 nitrogen and oxygen atoms in total. The Labute approximate surface area is 147 Å². The Hall–Kier alpha value is 0.940. The third-order valence-corrected chi connectivity index (χ3v) is 2.89. The zero-order valence-corrected chi connectivity index (χ0v) is 15.5. The minimum Gasteiger partial charge on any atom is -0.549 e. The Morgan fingerprint density at radius 3 is 1.71 bits per heavy atom. The van der Waals surface area contributed by atoms with Crippen molar-refractivity contribution in [3.63, 3.8) is 0 Å². The molecule has 0 unspecified atom stereocenters. The normalized spacial score (nSPS) is 10.4. The van der Waals surface area contributed by atoms with Gasteiger partial charge in [-0.2, -0.15) is 0 Å². The third kappa shape index (κ3) is 6.08. The van der Waals surface area contributed by atoms with E-state index >= 15 is 0 Å². The maximum Gasteiger partial charge on any atom is 1.00 e. The molecule has 0 amide bonds. The van der Waals surface area contributed by atoms with E-state index in [1.807, 2.05) is 6.92 Å². The number of carboxylic acid groups (broad SMARTS) is 2. The second kappa shape index (κ2) is 10.8. The van der Waals surface area contributed by atoms with Gasteiger partial charge in [-0.25, -0.2) is 0 Å². The predicted octanol–water partition coefficient (Wildman–Crippen LogP) is -6.28. The van der Waals surface area contributed by atoms with Crippen LogP contribution in [0, 0.1) is 11.3 Å². The molecule has 6 heteroatoms. The largest absolute Gasteiger partial charge is 1.00 e. The molecule has 0 aliphatic carbocycles. The molecule has 0 spiro atoms. The van der Waals surface area contributed by atoms with Crippen LogP contribution in [0.1, 0.15) is 46.5 Å². The van der Waals surface area contributed by atoms with Gasteiger partial charge in [0.2, 0.25) is 0 Å². The molecule has 0 aromatic heterocycles. The standard InChI is InChI=1S/C11H20O4.2Na/c1-4-5-6-7-11(8(2)3,9(12)13)10(14)15;;/h8H,4-7H2,1-3H3,(H,12,13)(H,14,15);;/q;2*+1/p-2. The van der Waals surface area contributed by atoms with Crippen LogP contribution in [0.3, 0.4) is 0 Å². The summed E-state index contributed by atoms with van der Waals surface area (Å²) in [6.07, 6.45) is 2.38. The molecule has 0 aromatic rings. The van der Waals surface area contributed by atoms with Gasteiger partial charge in [0.05, 0.1) is 17.4 Å². The molecule has 0 fully saturated rings. The second-order valence-corrected chi connectivity index (χ2v) is 4.16. The van der Waals surface area contributed by atoms with Crippen LogP contribution in [-0.2, 0) is 9.59 Å². The first kappa shape index (κ1) is 23.1. The van der Waals surface area contributed by atoms with Crippen LogP contribution in [0.15, 0.2) is 0 Å². The van der Waals surface area contributed by atoms with Crippen molar-refractivity contribution in [2.24, 2.45) is 11.3 Å². The van der Waals surface area contributed by atoms with Crippen LogP contribution < -0.4 is 69.3 Å². The molecule has 0 radical (unpaired) electrons. The van der Waals surface area contributed by atoms with Gasteiger partial charge >= 0.3 is 59.1 Å². The Morgan fingerprint density at radius 1 is 1.06 bits per heavy atom. The van der Waals surface area contributed by atoms with Crippen molar-refractivity contribution in [2.45, 2.75) is 46.5 Å². The number of carbonyl (C=O) groups excluding carboxylic acids is 2. The van der Waals surface area contributed by atoms with Crippen LogP contribution >= 0.6 is 0 Å². The summed E-state index contributed by atoms with van der Waals surface area (Å²) in [5.74, 6) is -3.59. The number of carbonyl (C=O) groups is 2. The molecule has 0 aromatic carbocycles. The average Bonchev–Trinajstić information content (AvgIpc) is 2.10. The number of rotatable bonds is 7. The van der Waals surface area contributed by atoms with Gasteiger partial charge in [0.15, 0.2) is 0 Å². The quantitative estimate of drug-likeness (QED) is 0.259. The van der Waals surface area contributed by atoms with Crippen molar-refractivity contribution >= 4 is 11.9 Å². The molecule has 17 heavy (non-hydrogen) atoms. The van der Waals surface area contributed by atoms with Gasteiger partial charge in [-0.1, -0.05) is 40.0 Å². The van der Waals surface area contributed by atoms with Gasteiger partial charge < -0.3 is 19.8 Å². The SMILES string of the molecule is CCCCCC(C(=O)[O-])(C(=O)[O-])C(C)C.[Na+].[Na+]. The summed E-state index contributed by atoms with van der Waals surface area (Å²) in [5.41, 5.74) is -1.84. The molecule has 0 aliphatic rings. The fraction of sp³-hybridized carbons (Fsp3) is 0.818. The zero-order valence-electron chi connectivity index (χ0n) is 11.5. The number of hydrogen-bond acceptors (Lipinski definition) is 4. The second-order valence-electron chi connectivity index (χ2n) is 4.16. The summed E-state index contributed by atoms with van der Waals surface area (Å²) >= 11 is 0. The summed E-state index contributed by atoms with van der Waals surface area (Å²) in [5, 5.41) is 21.9. The van der Waals surface area contributed by atoms with Crippen LogP contribution in [0.5, 0.6) is 0 Å². The van der Waals surface area contributed by atoms with Gasteiger partial charge in [0.1, 0.15) is 0 Å². The first-order valence-electron chi connectivity index (χ1n) is 5.32. The molecule has 0 atom stereocenters. The minimum absolute atomic E-state index is 0. The van der Waals surface area contributed by atoms with Crippen molar-refractivity contribution in [1.82, 2.24) is 0 Å². The fourth-order valence-electron chi connectivity index (χ4n) is 1.70. The predicted molar refractivity (Wildman–Crippen MR) is 51.4 cm³/mol. The van der Waals surface area contributed by atoms with Crippen LogP contribution in [0.4, 0.5) is 0 Å². The smallest absolute Gasteiger partial charge is 0.549 e. The van der Waals surface area contributed by atoms with Crippen molar-refractivity contribution in [1.29, 1.82) is 0 Å². The summed E-state index contributed by atoms with van der Waals surface area (Å²) in [6.45, 7) is 5.10. The van der Waals surface area contributed by atoms with E-state index in [1.54, 1.807) is 13.8 Å². The topological polar surface area (TPSA) is 80.3 Å². The monoisotopic (exact) mass is 260 g/mol. The zero-order chi connectivity index (χ0) is 12.1. The summed E-state index contributed by atoms with van der Waals surface area (Å²) in [4.78, 5) is 21.9. The van der Waals surface area contributed by atoms with E-state index < -0.39 is 23.3 Å². The number of hydrogen-bond donors (Lipinski definition) is 0. The minimum atomic E-state index is -1.84. The Morgan fingerprint density at radius 2 is 1.47 bits per heavy atom. The maximum atomic E-state index is 11.0. The molecule has 0 bridgehead atoms. The Balaban J connectivity index is -0.000000980. The molecule has 0 N–H and O–H groups in total. The van der Waals surface area contributed by atoms with E-state index in [0.717, 1.165) is 12.8 Å². The number of aliphatic carboxylic acids is 2. The van der Waals surface area contributed by atoms with Gasteiger partial charge in [-0.05, 0) is 12.3 Å². The first-order valence-corrected chi connectivity index (χ1v) is 5.32. The Kier molecular flexibility index (Phi) is 14.7. The number of unbranched alkanes of at least 4 members (excludes halogenated alkanes) is 2. The van der Waals surface area contributed by atoms with Gasteiger partial charge in [-0.15, -0.1) is 0 Å². The number of carboxylic acids is 2. The molecule has 0 heterocycles. The molecular weight excluding hydrogens is 242 g/mol. The van der Waals surface area contributed by atoms with E-state index in [9.17, 15) is 19.8 Å². The molecule has 0 saturated heterocycles. The van der Waals surface area contributed by atoms with E-state index in [2.05, 4.69) is 0 Å². The van der Waals surface area contributed by atoms with Crippen molar-refractivity contribution < 1.29 is 78.9 Å². The summed E-state index contributed by atoms with van der Waals surface area (Å²) in [7, 11) is 0. The molecule has 0 rings (SSSR count). The van der Waals surface area contributed by atoms with Gasteiger partial charge in [0.25, 0.3) is 0 Å². The maximum absolute atomic E-state index is 11.0. The van der Waals surface area contributed by atoms with E-state index in [1.165, 1.54) is 0 Å². The summed E-state index contributed by atoms with van der Waals surface area (Å²) in [6, 6.07) is 0. The van der Waals surface area contributed by atoms with Crippen molar-refractivity contribution in [3.05, 3.63) is 0 Å². The summed E-state index contributed by atoms with van der Waals surface area (Å²) < 4.78 is 0. The fourth-order valence-corrected chi connectivity index (χ4v) is 1.70. The van der Waals surface area contributed by atoms with Crippen molar-refractivity contribution in [3.8, 4) is 0 Å². The van der Waals surface area contributed by atoms with Crippen LogP contribution in [-0.4, -0.2) is 11.9 Å². The molecular formula is C11H18Na2O4. The van der Waals surface area contributed by atoms with Crippen LogP contribution in [0.2, 0.25) is 0 Å². The Bertz CT molecular complexity index is 228. The van der Waals surface area contributed by atoms with Crippen LogP contribution in [0.25, 0.3) is 0 Å². The van der Waals surface area contributed by atoms with Crippen molar-refractivity contribution in [2.75, 3.05) is 0 Å². The van der Waals surface area contributed by atoms with E-state index in [4.69, 9.17) is 0 Å². The third-order valence-electron chi connectivity index (χ3n) is 2.89. The van der Waals surface area contributed by atoms with Gasteiger partial charge in [0, 0.05) is 0 Å². The molecule has 0 aliphatic heterocycles. The first-order chi connectivity index (χ1) is 6.89. The molecule has 0 saturated carbocycles. The van der Waals surface area contributed by atoms with Gasteiger partial charge in [-0.3, -0.25) is 0 Å². The van der Waals surface area contributed by atoms with E-state index in [-0.39, 0.29) is 65.5 Å². The van der Waals surface area contributed by atoms with E-state index in [0.29, 0.717) is 6.42 Å².